The van der Waals surface area contributed by atoms with Gasteiger partial charge in [0.25, 0.3) is 0 Å². The van der Waals surface area contributed by atoms with E-state index in [-0.39, 0.29) is 24.0 Å². The lowest BCUT2D eigenvalue weighted by atomic mass is 10.2. The zero-order valence-electron chi connectivity index (χ0n) is 15.5. The lowest BCUT2D eigenvalue weighted by Gasteiger charge is -2.10. The van der Waals surface area contributed by atoms with Crippen molar-refractivity contribution in [2.24, 2.45) is 4.99 Å². The number of nitrogens with zero attached hydrogens (tertiary/aromatic N) is 3. The number of pyridine rings is 1. The molecule has 2 N–H and O–H groups in total. The van der Waals surface area contributed by atoms with Gasteiger partial charge in [0.15, 0.2) is 5.96 Å². The van der Waals surface area contributed by atoms with E-state index in [1.807, 2.05) is 62.4 Å². The summed E-state index contributed by atoms with van der Waals surface area (Å²) in [5, 5.41) is 6.52. The van der Waals surface area contributed by atoms with Crippen LogP contribution in [0.2, 0.25) is 0 Å². The van der Waals surface area contributed by atoms with Gasteiger partial charge in [-0.3, -0.25) is 4.98 Å². The molecule has 3 aromatic rings. The first kappa shape index (κ1) is 20.9. The van der Waals surface area contributed by atoms with Crippen LogP contribution in [0.5, 0.6) is 0 Å². The van der Waals surface area contributed by atoms with E-state index >= 15 is 0 Å². The minimum Gasteiger partial charge on any atom is -0.444 e. The van der Waals surface area contributed by atoms with E-state index < -0.39 is 0 Å². The summed E-state index contributed by atoms with van der Waals surface area (Å²) in [5.41, 5.74) is 3.72. The van der Waals surface area contributed by atoms with Crippen molar-refractivity contribution in [3.05, 3.63) is 71.9 Å². The van der Waals surface area contributed by atoms with Gasteiger partial charge in [-0.2, -0.15) is 0 Å². The summed E-state index contributed by atoms with van der Waals surface area (Å²) >= 11 is 0. The molecule has 0 radical (unpaired) electrons. The Kier molecular flexibility index (Phi) is 8.25. The first-order chi connectivity index (χ1) is 12.7. The van der Waals surface area contributed by atoms with Crippen LogP contribution in [0.25, 0.3) is 11.5 Å². The average Bonchev–Trinajstić information content (AvgIpc) is 3.14. The molecular weight excluding hydrogens is 453 g/mol. The van der Waals surface area contributed by atoms with Gasteiger partial charge >= 0.3 is 0 Å². The molecule has 0 saturated carbocycles. The summed E-state index contributed by atoms with van der Waals surface area (Å²) in [6.45, 7) is 5.85. The molecule has 2 heterocycles. The van der Waals surface area contributed by atoms with E-state index in [2.05, 4.69) is 25.6 Å². The maximum absolute atomic E-state index is 5.55. The number of aliphatic imine (C=N–C) groups is 1. The molecule has 0 bridgehead atoms. The number of oxazole rings is 1. The van der Waals surface area contributed by atoms with E-state index in [1.54, 1.807) is 6.26 Å². The van der Waals surface area contributed by atoms with E-state index in [0.29, 0.717) is 19.0 Å². The third kappa shape index (κ3) is 6.35. The third-order valence-corrected chi connectivity index (χ3v) is 3.70. The summed E-state index contributed by atoms with van der Waals surface area (Å²) < 4.78 is 5.55. The fraction of sp³-hybridized carbons (Fsp3) is 0.250. The number of aromatic nitrogens is 2. The quantitative estimate of drug-likeness (QED) is 0.320. The highest BCUT2D eigenvalue weighted by molar-refractivity contribution is 14.0. The highest BCUT2D eigenvalue weighted by atomic mass is 127. The van der Waals surface area contributed by atoms with Crippen LogP contribution in [0.15, 0.2) is 64.2 Å². The predicted octanol–water partition coefficient (Wildman–Crippen LogP) is 3.92. The van der Waals surface area contributed by atoms with Crippen molar-refractivity contribution >= 4 is 29.9 Å². The molecule has 0 spiro atoms. The number of hydrogen-bond acceptors (Lipinski definition) is 4. The summed E-state index contributed by atoms with van der Waals surface area (Å²) in [6.07, 6.45) is 1.65. The summed E-state index contributed by atoms with van der Waals surface area (Å²) in [6, 6.07) is 15.8. The molecule has 2 aromatic heterocycles. The fourth-order valence-corrected chi connectivity index (χ4v) is 2.47. The van der Waals surface area contributed by atoms with Crippen molar-refractivity contribution in [1.29, 1.82) is 0 Å². The van der Waals surface area contributed by atoms with Crippen LogP contribution < -0.4 is 10.6 Å². The molecule has 6 nitrogen and oxygen atoms in total. The molecule has 0 atom stereocenters. The van der Waals surface area contributed by atoms with Crippen molar-refractivity contribution in [3.63, 3.8) is 0 Å². The van der Waals surface area contributed by atoms with Crippen LogP contribution >= 0.6 is 24.0 Å². The van der Waals surface area contributed by atoms with Crippen LogP contribution in [0.4, 0.5) is 0 Å². The minimum atomic E-state index is 0. The van der Waals surface area contributed by atoms with Crippen LogP contribution in [0.3, 0.4) is 0 Å². The molecule has 0 aliphatic rings. The topological polar surface area (TPSA) is 75.3 Å². The predicted molar refractivity (Wildman–Crippen MR) is 118 cm³/mol. The minimum absolute atomic E-state index is 0. The molecule has 0 unspecified atom stereocenters. The fourth-order valence-electron chi connectivity index (χ4n) is 2.47. The van der Waals surface area contributed by atoms with Crippen molar-refractivity contribution in [1.82, 2.24) is 20.6 Å². The number of halogens is 1. The van der Waals surface area contributed by atoms with Crippen LogP contribution in [-0.2, 0) is 13.1 Å². The number of aryl methyl sites for hydroxylation is 1. The van der Waals surface area contributed by atoms with Gasteiger partial charge in [-0.1, -0.05) is 24.3 Å². The molecule has 27 heavy (non-hydrogen) atoms. The molecule has 1 aromatic carbocycles. The van der Waals surface area contributed by atoms with Crippen molar-refractivity contribution in [3.8, 4) is 11.5 Å². The Balaban J connectivity index is 0.00000261. The Bertz CT molecular complexity index is 864. The second kappa shape index (κ2) is 10.7. The first-order valence-corrected chi connectivity index (χ1v) is 8.69. The smallest absolute Gasteiger partial charge is 0.226 e. The Morgan fingerprint density at radius 2 is 1.81 bits per heavy atom. The second-order valence-corrected chi connectivity index (χ2v) is 5.83. The van der Waals surface area contributed by atoms with E-state index in [9.17, 15) is 0 Å². The van der Waals surface area contributed by atoms with Crippen molar-refractivity contribution in [2.45, 2.75) is 26.9 Å². The molecule has 0 fully saturated rings. The number of guanidine groups is 1. The highest BCUT2D eigenvalue weighted by Gasteiger charge is 2.06. The summed E-state index contributed by atoms with van der Waals surface area (Å²) in [7, 11) is 0. The van der Waals surface area contributed by atoms with Gasteiger partial charge in [-0.15, -0.1) is 24.0 Å². The zero-order chi connectivity index (χ0) is 18.2. The van der Waals surface area contributed by atoms with Gasteiger partial charge in [0.1, 0.15) is 12.0 Å². The number of benzene rings is 1. The van der Waals surface area contributed by atoms with Crippen LogP contribution in [0, 0.1) is 6.92 Å². The van der Waals surface area contributed by atoms with Crippen molar-refractivity contribution in [2.75, 3.05) is 6.54 Å². The molecule has 0 aliphatic heterocycles. The molecular formula is C20H24IN5O. The average molecular weight is 477 g/mol. The van der Waals surface area contributed by atoms with E-state index in [1.165, 1.54) is 0 Å². The number of rotatable bonds is 6. The summed E-state index contributed by atoms with van der Waals surface area (Å²) in [5.74, 6) is 1.33. The normalized spacial score (nSPS) is 11.0. The maximum Gasteiger partial charge on any atom is 0.226 e. The molecule has 0 saturated heterocycles. The summed E-state index contributed by atoms with van der Waals surface area (Å²) in [4.78, 5) is 13.6. The number of nitrogens with one attached hydrogen (secondary N) is 2. The lowest BCUT2D eigenvalue weighted by Crippen LogP contribution is -2.37. The van der Waals surface area contributed by atoms with Gasteiger partial charge in [0.05, 0.1) is 18.8 Å². The van der Waals surface area contributed by atoms with E-state index in [4.69, 9.17) is 4.42 Å². The Morgan fingerprint density at radius 1 is 1.00 bits per heavy atom. The Hall–Kier alpha value is -2.42. The monoisotopic (exact) mass is 477 g/mol. The largest absolute Gasteiger partial charge is 0.444 e. The SMILES string of the molecule is CCNC(=NCc1coc(-c2ccccc2)n1)NCc1cccc(C)n1.I. The van der Waals surface area contributed by atoms with E-state index in [0.717, 1.165) is 35.1 Å². The van der Waals surface area contributed by atoms with Gasteiger partial charge in [-0.25, -0.2) is 9.98 Å². The van der Waals surface area contributed by atoms with Gasteiger partial charge in [0.2, 0.25) is 5.89 Å². The first-order valence-electron chi connectivity index (χ1n) is 8.69. The van der Waals surface area contributed by atoms with Gasteiger partial charge in [0, 0.05) is 17.8 Å². The molecule has 3 rings (SSSR count). The van der Waals surface area contributed by atoms with Crippen LogP contribution in [-0.4, -0.2) is 22.5 Å². The second-order valence-electron chi connectivity index (χ2n) is 5.83. The Labute approximate surface area is 176 Å². The molecule has 0 amide bonds. The standard InChI is InChI=1S/C20H23N5O.HI/c1-3-21-20(22-12-17-11-7-8-15(2)24-17)23-13-18-14-26-19(25-18)16-9-5-4-6-10-16;/h4-11,14H,3,12-13H2,1-2H3,(H2,21,22,23);1H. The van der Waals surface area contributed by atoms with Gasteiger partial charge < -0.3 is 15.1 Å². The highest BCUT2D eigenvalue weighted by Crippen LogP contribution is 2.18. The third-order valence-electron chi connectivity index (χ3n) is 3.70. The number of hydrogen-bond donors (Lipinski definition) is 2. The van der Waals surface area contributed by atoms with Crippen LogP contribution in [0.1, 0.15) is 24.0 Å². The maximum atomic E-state index is 5.55. The Morgan fingerprint density at radius 3 is 2.56 bits per heavy atom. The molecule has 7 heteroatoms. The molecule has 0 aliphatic carbocycles. The lowest BCUT2D eigenvalue weighted by molar-refractivity contribution is 0.572. The zero-order valence-corrected chi connectivity index (χ0v) is 17.8. The molecule has 142 valence electrons. The van der Waals surface area contributed by atoms with Gasteiger partial charge in [-0.05, 0) is 38.1 Å². The van der Waals surface area contributed by atoms with Crippen molar-refractivity contribution < 1.29 is 4.42 Å².